The lowest BCUT2D eigenvalue weighted by molar-refractivity contribution is 0.0476. The van der Waals surface area contributed by atoms with Gasteiger partial charge in [-0.1, -0.05) is 0 Å². The molecule has 0 N–H and O–H groups in total. The van der Waals surface area contributed by atoms with E-state index in [1.54, 1.807) is 19.9 Å². The molecule has 1 aromatic heterocycles. The fourth-order valence-electron chi connectivity index (χ4n) is 2.12. The normalized spacial score (nSPS) is 11.1. The summed E-state index contributed by atoms with van der Waals surface area (Å²) in [4.78, 5) is 13.7. The number of halogens is 2. The number of carbonyl (C=O) groups is 1. The van der Waals surface area contributed by atoms with Gasteiger partial charge in [0, 0.05) is 11.6 Å². The first kappa shape index (κ1) is 16.8. The molecule has 0 fully saturated rings. The molecule has 0 radical (unpaired) electrons. The lowest BCUT2D eigenvalue weighted by atomic mass is 10.1. The Morgan fingerprint density at radius 1 is 1.39 bits per heavy atom. The molecule has 0 aliphatic carbocycles. The molecule has 1 amide bonds. The lowest BCUT2D eigenvalue weighted by Gasteiger charge is -2.26. The van der Waals surface area contributed by atoms with Crippen molar-refractivity contribution in [2.45, 2.75) is 26.3 Å². The number of benzene rings is 1. The molecule has 0 saturated heterocycles. The Morgan fingerprint density at radius 3 is 2.65 bits per heavy atom. The Kier molecular flexibility index (Phi) is 5.20. The number of nitrogens with zero attached hydrogens (tertiary/aromatic N) is 5. The third-order valence-electron chi connectivity index (χ3n) is 3.24. The molecule has 2 aromatic rings. The van der Waals surface area contributed by atoms with Gasteiger partial charge in [-0.2, -0.15) is 4.68 Å². The van der Waals surface area contributed by atoms with E-state index in [0.29, 0.717) is 11.4 Å². The minimum absolute atomic E-state index is 0.255. The van der Waals surface area contributed by atoms with Crippen LogP contribution >= 0.6 is 0 Å². The fourth-order valence-corrected chi connectivity index (χ4v) is 2.12. The third kappa shape index (κ3) is 3.79. The smallest absolute Gasteiger partial charge is 0.255 e. The number of amides is 1. The van der Waals surface area contributed by atoms with E-state index in [4.69, 9.17) is 4.74 Å². The van der Waals surface area contributed by atoms with Gasteiger partial charge in [-0.05, 0) is 42.5 Å². The summed E-state index contributed by atoms with van der Waals surface area (Å²) in [5, 5.41) is 10.8. The van der Waals surface area contributed by atoms with E-state index >= 15 is 0 Å². The number of rotatable bonds is 6. The Labute approximate surface area is 131 Å². The van der Waals surface area contributed by atoms with Crippen molar-refractivity contribution in [3.05, 3.63) is 30.1 Å². The van der Waals surface area contributed by atoms with E-state index in [1.165, 1.54) is 30.3 Å². The number of aromatic nitrogens is 4. The molecule has 7 nitrogen and oxygen atoms in total. The third-order valence-corrected chi connectivity index (χ3v) is 3.24. The molecule has 2 rings (SSSR count). The van der Waals surface area contributed by atoms with Gasteiger partial charge >= 0.3 is 0 Å². The number of tetrazole rings is 1. The summed E-state index contributed by atoms with van der Waals surface area (Å²) in [5.74, 6) is -0.0314. The van der Waals surface area contributed by atoms with Crippen LogP contribution in [0.25, 0.3) is 5.69 Å². The van der Waals surface area contributed by atoms with Crippen molar-refractivity contribution in [1.82, 2.24) is 25.1 Å². The number of methoxy groups -OCH3 is 1. The van der Waals surface area contributed by atoms with Crippen LogP contribution < -0.4 is 4.74 Å². The first-order valence-electron chi connectivity index (χ1n) is 6.94. The van der Waals surface area contributed by atoms with E-state index in [-0.39, 0.29) is 11.6 Å². The highest BCUT2D eigenvalue weighted by atomic mass is 19.3. The number of ether oxygens (including phenoxy) is 1. The highest BCUT2D eigenvalue weighted by molar-refractivity contribution is 5.95. The van der Waals surface area contributed by atoms with Crippen LogP contribution in [0.1, 0.15) is 24.2 Å². The molecule has 0 spiro atoms. The topological polar surface area (TPSA) is 73.1 Å². The Hall–Kier alpha value is -2.58. The number of hydrogen-bond acceptors (Lipinski definition) is 5. The first-order valence-corrected chi connectivity index (χ1v) is 6.94. The zero-order valence-corrected chi connectivity index (χ0v) is 13.0. The molecule has 1 aromatic carbocycles. The summed E-state index contributed by atoms with van der Waals surface area (Å²) in [6, 6.07) is 4.26. The molecule has 9 heteroatoms. The zero-order chi connectivity index (χ0) is 17.0. The molecule has 124 valence electrons. The van der Waals surface area contributed by atoms with Gasteiger partial charge in [0.1, 0.15) is 17.8 Å². The van der Waals surface area contributed by atoms with Crippen molar-refractivity contribution in [1.29, 1.82) is 0 Å². The predicted octanol–water partition coefficient (Wildman–Crippen LogP) is 1.79. The van der Waals surface area contributed by atoms with Crippen molar-refractivity contribution in [2.75, 3.05) is 13.7 Å². The van der Waals surface area contributed by atoms with Crippen LogP contribution in [0.3, 0.4) is 0 Å². The van der Waals surface area contributed by atoms with Crippen molar-refractivity contribution in [2.24, 2.45) is 0 Å². The van der Waals surface area contributed by atoms with Crippen LogP contribution in [0, 0.1) is 0 Å². The van der Waals surface area contributed by atoms with E-state index < -0.39 is 18.9 Å². The number of alkyl halides is 2. The predicted molar refractivity (Wildman–Crippen MR) is 77.9 cm³/mol. The standard InChI is InChI=1S/C14H17F2N5O2/c1-9(2)20(7-13(15)16)14(22)10-4-5-12(23-3)11(6-10)21-8-17-18-19-21/h4-6,8-9,13H,7H2,1-3H3. The van der Waals surface area contributed by atoms with Crippen LogP contribution in [0.4, 0.5) is 8.78 Å². The quantitative estimate of drug-likeness (QED) is 0.809. The molecule has 0 aliphatic heterocycles. The average Bonchev–Trinajstić information content (AvgIpc) is 3.05. The summed E-state index contributed by atoms with van der Waals surface area (Å²) in [6.45, 7) is 2.75. The number of carbonyl (C=O) groups excluding carboxylic acids is 1. The van der Waals surface area contributed by atoms with Gasteiger partial charge in [-0.3, -0.25) is 4.79 Å². The van der Waals surface area contributed by atoms with Gasteiger partial charge in [-0.25, -0.2) is 8.78 Å². The minimum atomic E-state index is -2.60. The molecule has 0 atom stereocenters. The van der Waals surface area contributed by atoms with Crippen molar-refractivity contribution >= 4 is 5.91 Å². The number of hydrogen-bond donors (Lipinski definition) is 0. The van der Waals surface area contributed by atoms with Gasteiger partial charge in [0.2, 0.25) is 0 Å². The van der Waals surface area contributed by atoms with Crippen molar-refractivity contribution in [3.63, 3.8) is 0 Å². The Morgan fingerprint density at radius 2 is 2.13 bits per heavy atom. The Bertz CT molecular complexity index is 661. The molecule has 1 heterocycles. The van der Waals surface area contributed by atoms with Crippen LogP contribution in [0.5, 0.6) is 5.75 Å². The second-order valence-corrected chi connectivity index (χ2v) is 5.08. The van der Waals surface area contributed by atoms with Gasteiger partial charge in [0.15, 0.2) is 0 Å². The van der Waals surface area contributed by atoms with Gasteiger partial charge < -0.3 is 9.64 Å². The molecule has 0 bridgehead atoms. The SMILES string of the molecule is COc1ccc(C(=O)N(CC(F)F)C(C)C)cc1-n1cnnn1. The second-order valence-electron chi connectivity index (χ2n) is 5.08. The summed E-state index contributed by atoms with van der Waals surface area (Å²) in [7, 11) is 1.47. The van der Waals surface area contributed by atoms with Crippen LogP contribution in [-0.2, 0) is 0 Å². The summed E-state index contributed by atoms with van der Waals surface area (Å²) in [5.41, 5.74) is 0.703. The van der Waals surface area contributed by atoms with Gasteiger partial charge in [0.25, 0.3) is 12.3 Å². The van der Waals surface area contributed by atoms with E-state index in [9.17, 15) is 13.6 Å². The van der Waals surface area contributed by atoms with E-state index in [2.05, 4.69) is 15.5 Å². The minimum Gasteiger partial charge on any atom is -0.494 e. The maximum Gasteiger partial charge on any atom is 0.255 e. The molecule has 0 unspecified atom stereocenters. The second kappa shape index (κ2) is 7.12. The van der Waals surface area contributed by atoms with Gasteiger partial charge in [-0.15, -0.1) is 5.10 Å². The molecular weight excluding hydrogens is 308 g/mol. The average molecular weight is 325 g/mol. The molecule has 0 aliphatic rings. The summed E-state index contributed by atoms with van der Waals surface area (Å²) < 4.78 is 31.9. The van der Waals surface area contributed by atoms with Gasteiger partial charge in [0.05, 0.1) is 13.7 Å². The van der Waals surface area contributed by atoms with Crippen LogP contribution in [0.15, 0.2) is 24.5 Å². The lowest BCUT2D eigenvalue weighted by Crippen LogP contribution is -2.40. The monoisotopic (exact) mass is 325 g/mol. The highest BCUT2D eigenvalue weighted by Crippen LogP contribution is 2.24. The maximum absolute atomic E-state index is 12.7. The van der Waals surface area contributed by atoms with E-state index in [1.807, 2.05) is 0 Å². The largest absolute Gasteiger partial charge is 0.494 e. The zero-order valence-electron chi connectivity index (χ0n) is 13.0. The molecule has 23 heavy (non-hydrogen) atoms. The summed E-state index contributed by atoms with van der Waals surface area (Å²) in [6.07, 6.45) is -1.25. The van der Waals surface area contributed by atoms with Crippen molar-refractivity contribution in [3.8, 4) is 11.4 Å². The van der Waals surface area contributed by atoms with E-state index in [0.717, 1.165) is 4.90 Å². The van der Waals surface area contributed by atoms with Crippen LogP contribution in [0.2, 0.25) is 0 Å². The highest BCUT2D eigenvalue weighted by Gasteiger charge is 2.23. The molecule has 0 saturated carbocycles. The summed E-state index contributed by atoms with van der Waals surface area (Å²) >= 11 is 0. The molecular formula is C14H17F2N5O2. The maximum atomic E-state index is 12.7. The Balaban J connectivity index is 2.39. The van der Waals surface area contributed by atoms with Crippen LogP contribution in [-0.4, -0.2) is 57.1 Å². The first-order chi connectivity index (χ1) is 10.9. The van der Waals surface area contributed by atoms with Crippen molar-refractivity contribution < 1.29 is 18.3 Å². The fraction of sp³-hybridized carbons (Fsp3) is 0.429.